The molecule has 0 spiro atoms. The number of nitrogen functional groups attached to an aromatic ring is 1. The third kappa shape index (κ3) is 4.32. The Morgan fingerprint density at radius 1 is 1.20 bits per heavy atom. The van der Waals surface area contributed by atoms with E-state index < -0.39 is 0 Å². The van der Waals surface area contributed by atoms with Gasteiger partial charge in [-0.25, -0.2) is 0 Å². The highest BCUT2D eigenvalue weighted by Crippen LogP contribution is 2.07. The molecule has 0 aliphatic carbocycles. The van der Waals surface area contributed by atoms with Crippen molar-refractivity contribution in [1.82, 2.24) is 0 Å². The Morgan fingerprint density at radius 3 is 2.47 bits per heavy atom. The van der Waals surface area contributed by atoms with Crippen LogP contribution in [0.5, 0.6) is 0 Å². The van der Waals surface area contributed by atoms with E-state index in [9.17, 15) is 0 Å². The highest BCUT2D eigenvalue weighted by molar-refractivity contribution is 5.54. The molecule has 0 saturated heterocycles. The van der Waals surface area contributed by atoms with Gasteiger partial charge in [0.2, 0.25) is 0 Å². The van der Waals surface area contributed by atoms with E-state index in [0.717, 1.165) is 11.3 Å². The highest BCUT2D eigenvalue weighted by atomic mass is 14.5. The number of hydrogen-bond acceptors (Lipinski definition) is 1. The highest BCUT2D eigenvalue weighted by Gasteiger charge is 1.85. The van der Waals surface area contributed by atoms with Crippen LogP contribution < -0.4 is 5.73 Å². The van der Waals surface area contributed by atoms with E-state index in [1.165, 1.54) is 5.57 Å². The zero-order chi connectivity index (χ0) is 11.1. The Balaban J connectivity index is 2.66. The van der Waals surface area contributed by atoms with Crippen molar-refractivity contribution >= 4 is 11.8 Å². The lowest BCUT2D eigenvalue weighted by Gasteiger charge is -1.93. The third-order valence-electron chi connectivity index (χ3n) is 2.01. The molecular formula is C14H17N. The van der Waals surface area contributed by atoms with Crippen LogP contribution in [0.25, 0.3) is 6.08 Å². The summed E-state index contributed by atoms with van der Waals surface area (Å²) in [4.78, 5) is 0. The van der Waals surface area contributed by atoms with Gasteiger partial charge in [-0.05, 0) is 31.5 Å². The van der Waals surface area contributed by atoms with Crippen molar-refractivity contribution in [2.24, 2.45) is 0 Å². The molecule has 1 aromatic carbocycles. The van der Waals surface area contributed by atoms with Gasteiger partial charge < -0.3 is 5.73 Å². The van der Waals surface area contributed by atoms with Crippen LogP contribution in [-0.2, 0) is 0 Å². The second-order valence-corrected chi connectivity index (χ2v) is 3.44. The fourth-order valence-electron chi connectivity index (χ4n) is 1.24. The molecule has 0 unspecified atom stereocenters. The van der Waals surface area contributed by atoms with Crippen LogP contribution in [-0.4, -0.2) is 0 Å². The topological polar surface area (TPSA) is 26.0 Å². The minimum absolute atomic E-state index is 0.799. The summed E-state index contributed by atoms with van der Waals surface area (Å²) in [6.07, 6.45) is 10.3. The van der Waals surface area contributed by atoms with Gasteiger partial charge in [0.25, 0.3) is 0 Å². The first-order valence-corrected chi connectivity index (χ1v) is 5.05. The van der Waals surface area contributed by atoms with E-state index in [4.69, 9.17) is 5.73 Å². The first kappa shape index (κ1) is 11.3. The average molecular weight is 199 g/mol. The Kier molecular flexibility index (Phi) is 4.42. The van der Waals surface area contributed by atoms with Crippen LogP contribution in [0, 0.1) is 0 Å². The number of anilines is 1. The zero-order valence-electron chi connectivity index (χ0n) is 9.27. The summed E-state index contributed by atoms with van der Waals surface area (Å²) < 4.78 is 0. The van der Waals surface area contributed by atoms with Crippen molar-refractivity contribution in [3.8, 4) is 0 Å². The quantitative estimate of drug-likeness (QED) is 0.581. The maximum absolute atomic E-state index is 5.60. The SMILES string of the molecule is C\C=C/C(C)=C\C=C\c1ccc(N)cc1. The van der Waals surface area contributed by atoms with Gasteiger partial charge in [0, 0.05) is 5.69 Å². The molecule has 0 radical (unpaired) electrons. The second kappa shape index (κ2) is 5.86. The molecule has 0 aliphatic rings. The van der Waals surface area contributed by atoms with Crippen LogP contribution >= 0.6 is 0 Å². The van der Waals surface area contributed by atoms with Gasteiger partial charge in [0.15, 0.2) is 0 Å². The predicted octanol–water partition coefficient (Wildman–Crippen LogP) is 3.80. The number of allylic oxidation sites excluding steroid dienone is 5. The molecule has 0 amide bonds. The van der Waals surface area contributed by atoms with Gasteiger partial charge in [-0.2, -0.15) is 0 Å². The molecule has 0 atom stereocenters. The van der Waals surface area contributed by atoms with Crippen LogP contribution in [0.15, 0.2) is 54.1 Å². The largest absolute Gasteiger partial charge is 0.399 e. The molecule has 0 aromatic heterocycles. The number of benzene rings is 1. The Labute approximate surface area is 91.6 Å². The summed E-state index contributed by atoms with van der Waals surface area (Å²) in [6, 6.07) is 7.82. The van der Waals surface area contributed by atoms with E-state index in [2.05, 4.69) is 25.2 Å². The van der Waals surface area contributed by atoms with Crippen LogP contribution in [0.3, 0.4) is 0 Å². The smallest absolute Gasteiger partial charge is 0.0314 e. The number of nitrogens with two attached hydrogens (primary N) is 1. The molecule has 15 heavy (non-hydrogen) atoms. The molecule has 2 N–H and O–H groups in total. The first-order chi connectivity index (χ1) is 7.22. The molecule has 1 nitrogen and oxygen atoms in total. The summed E-state index contributed by atoms with van der Waals surface area (Å²) in [5.41, 5.74) is 8.80. The van der Waals surface area contributed by atoms with Crippen molar-refractivity contribution in [2.45, 2.75) is 13.8 Å². The molecule has 0 saturated carbocycles. The van der Waals surface area contributed by atoms with Gasteiger partial charge in [0.1, 0.15) is 0 Å². The summed E-state index contributed by atoms with van der Waals surface area (Å²) >= 11 is 0. The second-order valence-electron chi connectivity index (χ2n) is 3.44. The molecular weight excluding hydrogens is 182 g/mol. The van der Waals surface area contributed by atoms with Crippen molar-refractivity contribution in [2.75, 3.05) is 5.73 Å². The number of rotatable bonds is 3. The molecule has 78 valence electrons. The van der Waals surface area contributed by atoms with Crippen LogP contribution in [0.4, 0.5) is 5.69 Å². The van der Waals surface area contributed by atoms with Crippen molar-refractivity contribution in [3.63, 3.8) is 0 Å². The van der Waals surface area contributed by atoms with Crippen molar-refractivity contribution in [3.05, 3.63) is 59.7 Å². The van der Waals surface area contributed by atoms with Gasteiger partial charge in [-0.15, -0.1) is 0 Å². The first-order valence-electron chi connectivity index (χ1n) is 5.05. The van der Waals surface area contributed by atoms with Crippen molar-refractivity contribution < 1.29 is 0 Å². The Morgan fingerprint density at radius 2 is 1.87 bits per heavy atom. The minimum Gasteiger partial charge on any atom is -0.399 e. The van der Waals surface area contributed by atoms with Crippen LogP contribution in [0.1, 0.15) is 19.4 Å². The van der Waals surface area contributed by atoms with E-state index in [1.54, 1.807) is 0 Å². The minimum atomic E-state index is 0.799. The van der Waals surface area contributed by atoms with Crippen LogP contribution in [0.2, 0.25) is 0 Å². The van der Waals surface area contributed by atoms with Gasteiger partial charge in [-0.3, -0.25) is 0 Å². The lowest BCUT2D eigenvalue weighted by molar-refractivity contribution is 1.50. The van der Waals surface area contributed by atoms with E-state index >= 15 is 0 Å². The van der Waals surface area contributed by atoms with E-state index in [0.29, 0.717) is 0 Å². The third-order valence-corrected chi connectivity index (χ3v) is 2.01. The summed E-state index contributed by atoms with van der Waals surface area (Å²) in [6.45, 7) is 4.09. The summed E-state index contributed by atoms with van der Waals surface area (Å²) in [5.74, 6) is 0. The molecule has 0 heterocycles. The maximum Gasteiger partial charge on any atom is 0.0314 e. The summed E-state index contributed by atoms with van der Waals surface area (Å²) in [5, 5.41) is 0. The monoisotopic (exact) mass is 199 g/mol. The predicted molar refractivity (Wildman–Crippen MR) is 68.5 cm³/mol. The molecule has 1 heteroatoms. The van der Waals surface area contributed by atoms with Crippen molar-refractivity contribution in [1.29, 1.82) is 0 Å². The molecule has 0 bridgehead atoms. The zero-order valence-corrected chi connectivity index (χ0v) is 9.27. The fourth-order valence-corrected chi connectivity index (χ4v) is 1.24. The molecule has 1 aromatic rings. The maximum atomic E-state index is 5.60. The molecule has 1 rings (SSSR count). The van der Waals surface area contributed by atoms with Gasteiger partial charge >= 0.3 is 0 Å². The van der Waals surface area contributed by atoms with E-state index in [1.807, 2.05) is 43.3 Å². The normalized spacial score (nSPS) is 12.8. The Hall–Kier alpha value is -1.76. The molecule has 0 fully saturated rings. The van der Waals surface area contributed by atoms with Gasteiger partial charge in [0.05, 0.1) is 0 Å². The van der Waals surface area contributed by atoms with E-state index in [-0.39, 0.29) is 0 Å². The standard InChI is InChI=1S/C14H17N/c1-3-5-12(2)6-4-7-13-8-10-14(15)11-9-13/h3-11H,15H2,1-2H3/b5-3-,7-4+,12-6-. The van der Waals surface area contributed by atoms with Gasteiger partial charge in [-0.1, -0.05) is 48.1 Å². The fraction of sp³-hybridized carbons (Fsp3) is 0.143. The Bertz CT molecular complexity index is 380. The molecule has 0 aliphatic heterocycles. The number of hydrogen-bond donors (Lipinski definition) is 1. The lowest BCUT2D eigenvalue weighted by Crippen LogP contribution is -1.82. The summed E-state index contributed by atoms with van der Waals surface area (Å²) in [7, 11) is 0. The lowest BCUT2D eigenvalue weighted by atomic mass is 10.2. The average Bonchev–Trinajstić information content (AvgIpc) is 2.21.